The Balaban J connectivity index is 2.17. The van der Waals surface area contributed by atoms with Gasteiger partial charge >= 0.3 is 0 Å². The van der Waals surface area contributed by atoms with Gasteiger partial charge in [-0.2, -0.15) is 14.7 Å². The zero-order chi connectivity index (χ0) is 15.5. The third-order valence-corrected chi connectivity index (χ3v) is 5.75. The summed E-state index contributed by atoms with van der Waals surface area (Å²) in [6.45, 7) is 3.06. The van der Waals surface area contributed by atoms with Crippen LogP contribution in [0.5, 0.6) is 0 Å². The lowest BCUT2D eigenvalue weighted by Gasteiger charge is -2.23. The first-order chi connectivity index (χ1) is 9.96. The van der Waals surface area contributed by atoms with Crippen molar-refractivity contribution in [1.82, 2.24) is 14.1 Å². The molecule has 0 saturated carbocycles. The van der Waals surface area contributed by atoms with Crippen molar-refractivity contribution in [3.8, 4) is 6.07 Å². The summed E-state index contributed by atoms with van der Waals surface area (Å²) in [4.78, 5) is 0.168. The lowest BCUT2D eigenvalue weighted by Crippen LogP contribution is -2.34. The van der Waals surface area contributed by atoms with Gasteiger partial charge < -0.3 is 4.74 Å². The van der Waals surface area contributed by atoms with Gasteiger partial charge in [0.25, 0.3) is 0 Å². The first-order valence-electron chi connectivity index (χ1n) is 6.93. The van der Waals surface area contributed by atoms with Crippen molar-refractivity contribution in [2.45, 2.75) is 43.2 Å². The molecule has 0 amide bonds. The topological polar surface area (TPSA) is 88.2 Å². The first kappa shape index (κ1) is 15.9. The molecule has 1 aliphatic heterocycles. The average molecular weight is 312 g/mol. The van der Waals surface area contributed by atoms with Crippen LogP contribution in [-0.2, 0) is 14.8 Å². The molecule has 2 rings (SSSR count). The molecule has 0 bridgehead atoms. The van der Waals surface area contributed by atoms with Crippen LogP contribution in [-0.4, -0.2) is 48.8 Å². The van der Waals surface area contributed by atoms with Crippen molar-refractivity contribution in [3.63, 3.8) is 0 Å². The quantitative estimate of drug-likeness (QED) is 0.814. The highest BCUT2D eigenvalue weighted by molar-refractivity contribution is 7.89. The molecule has 0 aliphatic carbocycles. The summed E-state index contributed by atoms with van der Waals surface area (Å²) in [6.07, 6.45) is 4.77. The zero-order valence-corrected chi connectivity index (χ0v) is 13.1. The number of ether oxygens (including phenoxy) is 1. The maximum absolute atomic E-state index is 12.5. The molecule has 1 saturated heterocycles. The minimum Gasteiger partial charge on any atom is -0.381 e. The monoisotopic (exact) mass is 312 g/mol. The van der Waals surface area contributed by atoms with E-state index < -0.39 is 10.0 Å². The summed E-state index contributed by atoms with van der Waals surface area (Å²) in [5, 5.41) is 12.9. The first-order valence-corrected chi connectivity index (χ1v) is 8.37. The second-order valence-corrected chi connectivity index (χ2v) is 7.23. The molecule has 116 valence electrons. The standard InChI is InChI=1S/C13H20N4O3S/c1-11(3-6-14)16(2)21(18,19)13-9-15-17(10-13)12-4-7-20-8-5-12/h9-12H,3-5,7-8H2,1-2H3. The summed E-state index contributed by atoms with van der Waals surface area (Å²) in [7, 11) is -2.12. The molecule has 1 aromatic heterocycles. The van der Waals surface area contributed by atoms with Gasteiger partial charge in [0, 0.05) is 32.5 Å². The van der Waals surface area contributed by atoms with Crippen LogP contribution in [0.4, 0.5) is 0 Å². The number of nitrogens with zero attached hydrogens (tertiary/aromatic N) is 4. The van der Waals surface area contributed by atoms with E-state index in [2.05, 4.69) is 5.10 Å². The lowest BCUT2D eigenvalue weighted by molar-refractivity contribution is 0.0662. The normalized spacial score (nSPS) is 18.6. The molecule has 1 aliphatic rings. The van der Waals surface area contributed by atoms with Gasteiger partial charge in [-0.15, -0.1) is 0 Å². The summed E-state index contributed by atoms with van der Waals surface area (Å²) in [5.41, 5.74) is 0. The zero-order valence-electron chi connectivity index (χ0n) is 12.3. The van der Waals surface area contributed by atoms with Crippen LogP contribution in [0.25, 0.3) is 0 Å². The molecule has 0 N–H and O–H groups in total. The number of hydrogen-bond acceptors (Lipinski definition) is 5. The Kier molecular flexibility index (Phi) is 4.98. The third-order valence-electron chi connectivity index (χ3n) is 3.83. The van der Waals surface area contributed by atoms with Gasteiger partial charge in [0.1, 0.15) is 4.90 Å². The van der Waals surface area contributed by atoms with Crippen molar-refractivity contribution >= 4 is 10.0 Å². The highest BCUT2D eigenvalue weighted by atomic mass is 32.2. The number of hydrogen-bond donors (Lipinski definition) is 0. The average Bonchev–Trinajstić information content (AvgIpc) is 2.98. The highest BCUT2D eigenvalue weighted by Gasteiger charge is 2.27. The van der Waals surface area contributed by atoms with Gasteiger partial charge in [-0.25, -0.2) is 8.42 Å². The predicted molar refractivity (Wildman–Crippen MR) is 76.0 cm³/mol. The van der Waals surface area contributed by atoms with E-state index in [-0.39, 0.29) is 23.4 Å². The van der Waals surface area contributed by atoms with Crippen LogP contribution in [0, 0.1) is 11.3 Å². The Morgan fingerprint density at radius 3 is 2.86 bits per heavy atom. The largest absolute Gasteiger partial charge is 0.381 e. The van der Waals surface area contributed by atoms with Gasteiger partial charge in [-0.05, 0) is 19.8 Å². The Bertz CT molecular complexity index is 614. The molecule has 7 nitrogen and oxygen atoms in total. The van der Waals surface area contributed by atoms with Crippen LogP contribution < -0.4 is 0 Å². The fourth-order valence-electron chi connectivity index (χ4n) is 2.27. The molecule has 2 heterocycles. The molecule has 1 atom stereocenters. The molecular formula is C13H20N4O3S. The van der Waals surface area contributed by atoms with Crippen LogP contribution in [0.15, 0.2) is 17.3 Å². The van der Waals surface area contributed by atoms with E-state index in [0.29, 0.717) is 13.2 Å². The van der Waals surface area contributed by atoms with Gasteiger partial charge in [0.05, 0.1) is 24.7 Å². The smallest absolute Gasteiger partial charge is 0.246 e. The molecule has 1 fully saturated rings. The van der Waals surface area contributed by atoms with E-state index in [1.54, 1.807) is 17.8 Å². The highest BCUT2D eigenvalue weighted by Crippen LogP contribution is 2.23. The second kappa shape index (κ2) is 6.56. The van der Waals surface area contributed by atoms with E-state index in [1.165, 1.54) is 17.5 Å². The molecule has 1 aromatic rings. The Morgan fingerprint density at radius 1 is 1.57 bits per heavy atom. The van der Waals surface area contributed by atoms with Gasteiger partial charge in [0.15, 0.2) is 0 Å². The molecule has 1 unspecified atom stereocenters. The van der Waals surface area contributed by atoms with Crippen molar-refractivity contribution < 1.29 is 13.2 Å². The molecular weight excluding hydrogens is 292 g/mol. The SMILES string of the molecule is CC(CC#N)N(C)S(=O)(=O)c1cnn(C2CCOCC2)c1. The maximum Gasteiger partial charge on any atom is 0.246 e. The van der Waals surface area contributed by atoms with Crippen molar-refractivity contribution in [1.29, 1.82) is 5.26 Å². The van der Waals surface area contributed by atoms with E-state index in [0.717, 1.165) is 12.8 Å². The summed E-state index contributed by atoms with van der Waals surface area (Å²) < 4.78 is 33.2. The second-order valence-electron chi connectivity index (χ2n) is 5.23. The summed E-state index contributed by atoms with van der Waals surface area (Å²) in [5.74, 6) is 0. The van der Waals surface area contributed by atoms with Crippen LogP contribution in [0.2, 0.25) is 0 Å². The van der Waals surface area contributed by atoms with Crippen molar-refractivity contribution in [2.75, 3.05) is 20.3 Å². The van der Waals surface area contributed by atoms with E-state index in [4.69, 9.17) is 10.00 Å². The number of sulfonamides is 1. The minimum absolute atomic E-state index is 0.157. The molecule has 21 heavy (non-hydrogen) atoms. The lowest BCUT2D eigenvalue weighted by atomic mass is 10.1. The molecule has 0 aromatic carbocycles. The number of nitriles is 1. The van der Waals surface area contributed by atoms with E-state index in [9.17, 15) is 8.42 Å². The van der Waals surface area contributed by atoms with Gasteiger partial charge in [0.2, 0.25) is 10.0 Å². The molecule has 8 heteroatoms. The minimum atomic E-state index is -3.61. The van der Waals surface area contributed by atoms with Crippen molar-refractivity contribution in [3.05, 3.63) is 12.4 Å². The summed E-state index contributed by atoms with van der Waals surface area (Å²) in [6, 6.07) is 1.80. The van der Waals surface area contributed by atoms with Gasteiger partial charge in [-0.3, -0.25) is 4.68 Å². The Morgan fingerprint density at radius 2 is 2.24 bits per heavy atom. The summed E-state index contributed by atoms with van der Waals surface area (Å²) >= 11 is 0. The van der Waals surface area contributed by atoms with Crippen LogP contribution in [0.1, 0.15) is 32.2 Å². The van der Waals surface area contributed by atoms with Gasteiger partial charge in [-0.1, -0.05) is 0 Å². The number of rotatable bonds is 5. The van der Waals surface area contributed by atoms with Crippen molar-refractivity contribution in [2.24, 2.45) is 0 Å². The maximum atomic E-state index is 12.5. The van der Waals surface area contributed by atoms with Crippen LogP contribution >= 0.6 is 0 Å². The number of aromatic nitrogens is 2. The Hall–Kier alpha value is -1.43. The van der Waals surface area contributed by atoms with E-state index >= 15 is 0 Å². The van der Waals surface area contributed by atoms with E-state index in [1.807, 2.05) is 6.07 Å². The van der Waals surface area contributed by atoms with Crippen LogP contribution in [0.3, 0.4) is 0 Å². The Labute approximate surface area is 125 Å². The molecule has 0 spiro atoms. The molecule has 0 radical (unpaired) electrons. The fraction of sp³-hybridized carbons (Fsp3) is 0.692. The predicted octanol–water partition coefficient (Wildman–Crippen LogP) is 1.16. The third kappa shape index (κ3) is 3.43. The fourth-order valence-corrected chi connectivity index (χ4v) is 3.57.